The van der Waals surface area contributed by atoms with E-state index in [2.05, 4.69) is 0 Å². The van der Waals surface area contributed by atoms with Crippen LogP contribution in [0.4, 0.5) is 0 Å². The fourth-order valence-electron chi connectivity index (χ4n) is 1.35. The molecule has 0 heterocycles. The lowest BCUT2D eigenvalue weighted by molar-refractivity contribution is -0.136. The van der Waals surface area contributed by atoms with Crippen molar-refractivity contribution >= 4 is 31.1 Å². The monoisotopic (exact) mass is 224 g/mol. The highest BCUT2D eigenvalue weighted by atomic mass is 16.4. The summed E-state index contributed by atoms with van der Waals surface area (Å²) in [6.45, 7) is 0. The average Bonchev–Trinajstić information content (AvgIpc) is 2.15. The van der Waals surface area contributed by atoms with Crippen molar-refractivity contribution in [3.63, 3.8) is 0 Å². The highest BCUT2D eigenvalue weighted by Crippen LogP contribution is 1.98. The fourth-order valence-corrected chi connectivity index (χ4v) is 1.35. The van der Waals surface area contributed by atoms with E-state index in [1.165, 1.54) is 18.2 Å². The molecule has 6 nitrogen and oxygen atoms in total. The third-order valence-corrected chi connectivity index (χ3v) is 2.09. The number of aliphatic carboxylic acids is 1. The van der Waals surface area contributed by atoms with E-state index in [-0.39, 0.29) is 16.5 Å². The lowest BCUT2D eigenvalue weighted by Crippen LogP contribution is -2.38. The van der Waals surface area contributed by atoms with Gasteiger partial charge in [0.05, 0.1) is 6.42 Å². The first-order valence-electron chi connectivity index (χ1n) is 4.48. The van der Waals surface area contributed by atoms with Crippen LogP contribution in [0, 0.1) is 0 Å². The summed E-state index contributed by atoms with van der Waals surface area (Å²) in [5.41, 5.74) is 0.264. The summed E-state index contributed by atoms with van der Waals surface area (Å²) >= 11 is 0. The first kappa shape index (κ1) is 12.7. The van der Waals surface area contributed by atoms with Gasteiger partial charge in [-0.15, -0.1) is 0 Å². The minimum Gasteiger partial charge on any atom is -0.481 e. The van der Waals surface area contributed by atoms with Crippen LogP contribution in [-0.4, -0.2) is 45.4 Å². The Hall–Kier alpha value is -1.34. The fraction of sp³-hybridized carbons (Fsp3) is 0.125. The molecule has 0 saturated heterocycles. The van der Waals surface area contributed by atoms with Crippen molar-refractivity contribution in [3.05, 3.63) is 23.8 Å². The second-order valence-electron chi connectivity index (χ2n) is 3.28. The molecule has 0 aromatic heterocycles. The van der Waals surface area contributed by atoms with Gasteiger partial charge in [0.15, 0.2) is 0 Å². The van der Waals surface area contributed by atoms with E-state index in [0.29, 0.717) is 0 Å². The van der Waals surface area contributed by atoms with Gasteiger partial charge in [0.25, 0.3) is 0 Å². The zero-order chi connectivity index (χ0) is 12.3. The lowest BCUT2D eigenvalue weighted by Gasteiger charge is -2.09. The first-order chi connectivity index (χ1) is 7.41. The minimum atomic E-state index is -1.79. The summed E-state index contributed by atoms with van der Waals surface area (Å²) in [5.74, 6) is -1.15. The molecule has 1 rings (SSSR count). The number of rotatable bonds is 4. The van der Waals surface area contributed by atoms with Crippen molar-refractivity contribution in [2.45, 2.75) is 6.42 Å². The molecule has 5 N–H and O–H groups in total. The molecule has 1 aromatic rings. The Morgan fingerprint density at radius 2 is 1.75 bits per heavy atom. The van der Waals surface area contributed by atoms with Crippen molar-refractivity contribution in [1.82, 2.24) is 0 Å². The zero-order valence-electron chi connectivity index (χ0n) is 8.24. The Balaban J connectivity index is 3.15. The van der Waals surface area contributed by atoms with E-state index in [1.54, 1.807) is 0 Å². The van der Waals surface area contributed by atoms with E-state index < -0.39 is 26.6 Å². The van der Waals surface area contributed by atoms with Crippen LogP contribution in [0.1, 0.15) is 5.56 Å². The second kappa shape index (κ2) is 5.13. The Bertz CT molecular complexity index is 392. The van der Waals surface area contributed by atoms with Gasteiger partial charge in [-0.25, -0.2) is 0 Å². The molecule has 16 heavy (non-hydrogen) atoms. The van der Waals surface area contributed by atoms with Crippen LogP contribution in [-0.2, 0) is 11.2 Å². The van der Waals surface area contributed by atoms with Gasteiger partial charge in [-0.1, -0.05) is 18.2 Å². The van der Waals surface area contributed by atoms with Crippen molar-refractivity contribution < 1.29 is 30.0 Å². The average molecular weight is 224 g/mol. The molecule has 0 aliphatic carbocycles. The quantitative estimate of drug-likeness (QED) is 0.341. The van der Waals surface area contributed by atoms with Crippen molar-refractivity contribution in [2.75, 3.05) is 0 Å². The van der Waals surface area contributed by atoms with Gasteiger partial charge in [-0.05, 0) is 16.5 Å². The molecular weight excluding hydrogens is 214 g/mol. The van der Waals surface area contributed by atoms with Crippen LogP contribution in [0.5, 0.6) is 0 Å². The van der Waals surface area contributed by atoms with Crippen molar-refractivity contribution in [1.29, 1.82) is 0 Å². The standard InChI is InChI=1S/C8H10B2O6/c11-8(12)4-5-3-6(9(13)14)1-2-7(5)10(15)16/h1-3,13-16H,4H2,(H,11,12). The van der Waals surface area contributed by atoms with Crippen LogP contribution >= 0.6 is 0 Å². The predicted molar refractivity (Wildman–Crippen MR) is 57.4 cm³/mol. The van der Waals surface area contributed by atoms with Crippen molar-refractivity contribution in [3.8, 4) is 0 Å². The molecule has 0 fully saturated rings. The highest BCUT2D eigenvalue weighted by molar-refractivity contribution is 6.61. The summed E-state index contributed by atoms with van der Waals surface area (Å²) in [4.78, 5) is 10.5. The summed E-state index contributed by atoms with van der Waals surface area (Å²) in [6, 6.07) is 3.75. The zero-order valence-corrected chi connectivity index (χ0v) is 8.24. The molecule has 0 spiro atoms. The van der Waals surface area contributed by atoms with E-state index in [4.69, 9.17) is 25.2 Å². The predicted octanol–water partition coefficient (Wildman–Crippen LogP) is -3.33. The molecule has 0 saturated carbocycles. The van der Waals surface area contributed by atoms with Crippen LogP contribution in [0.2, 0.25) is 0 Å². The molecule has 0 bridgehead atoms. The second-order valence-corrected chi connectivity index (χ2v) is 3.28. The number of carbonyl (C=O) groups is 1. The first-order valence-corrected chi connectivity index (χ1v) is 4.48. The van der Waals surface area contributed by atoms with Crippen LogP contribution in [0.15, 0.2) is 18.2 Å². The third-order valence-electron chi connectivity index (χ3n) is 2.09. The van der Waals surface area contributed by atoms with Crippen molar-refractivity contribution in [2.24, 2.45) is 0 Å². The number of hydrogen-bond acceptors (Lipinski definition) is 5. The number of hydrogen-bond donors (Lipinski definition) is 5. The molecule has 84 valence electrons. The summed E-state index contributed by atoms with van der Waals surface area (Å²) in [7, 11) is -3.52. The Labute approximate surface area is 92.1 Å². The molecule has 8 heteroatoms. The van der Waals surface area contributed by atoms with Crippen LogP contribution < -0.4 is 10.9 Å². The van der Waals surface area contributed by atoms with E-state index >= 15 is 0 Å². The smallest absolute Gasteiger partial charge is 0.481 e. The van der Waals surface area contributed by atoms with E-state index in [9.17, 15) is 4.79 Å². The minimum absolute atomic E-state index is 0.0341. The maximum absolute atomic E-state index is 10.5. The van der Waals surface area contributed by atoms with Gasteiger partial charge in [0.1, 0.15) is 0 Å². The van der Waals surface area contributed by atoms with Crippen LogP contribution in [0.25, 0.3) is 0 Å². The van der Waals surface area contributed by atoms with Gasteiger partial charge in [0.2, 0.25) is 0 Å². The van der Waals surface area contributed by atoms with E-state index in [0.717, 1.165) is 0 Å². The van der Waals surface area contributed by atoms with Crippen LogP contribution in [0.3, 0.4) is 0 Å². The van der Waals surface area contributed by atoms with E-state index in [1.807, 2.05) is 0 Å². The maximum Gasteiger partial charge on any atom is 0.488 e. The van der Waals surface area contributed by atoms with Gasteiger partial charge in [-0.3, -0.25) is 4.79 Å². The molecule has 0 radical (unpaired) electrons. The number of carboxylic acid groups (broad SMARTS) is 1. The van der Waals surface area contributed by atoms with Gasteiger partial charge in [0, 0.05) is 0 Å². The number of carboxylic acids is 1. The Morgan fingerprint density at radius 3 is 2.19 bits per heavy atom. The van der Waals surface area contributed by atoms with Gasteiger partial charge >= 0.3 is 20.2 Å². The molecule has 1 aromatic carbocycles. The van der Waals surface area contributed by atoms with Gasteiger partial charge < -0.3 is 25.2 Å². The Morgan fingerprint density at radius 1 is 1.12 bits per heavy atom. The molecule has 0 atom stereocenters. The molecule has 0 amide bonds. The normalized spacial score (nSPS) is 10.0. The number of benzene rings is 1. The molecule has 0 aliphatic rings. The molecule has 0 aliphatic heterocycles. The van der Waals surface area contributed by atoms with Gasteiger partial charge in [-0.2, -0.15) is 0 Å². The molecular formula is C8H10B2O6. The molecule has 0 unspecified atom stereocenters. The Kier molecular flexibility index (Phi) is 4.08. The lowest BCUT2D eigenvalue weighted by atomic mass is 9.71. The summed E-state index contributed by atoms with van der Waals surface area (Å²) in [6.07, 6.45) is -0.423. The summed E-state index contributed by atoms with van der Waals surface area (Å²) < 4.78 is 0. The third kappa shape index (κ3) is 3.07. The largest absolute Gasteiger partial charge is 0.488 e. The topological polar surface area (TPSA) is 118 Å². The SMILES string of the molecule is O=C(O)Cc1cc(B(O)O)ccc1B(O)O. The maximum atomic E-state index is 10.5. The summed E-state index contributed by atoms with van der Waals surface area (Å²) in [5, 5.41) is 44.4. The highest BCUT2D eigenvalue weighted by Gasteiger charge is 2.20.